The lowest BCUT2D eigenvalue weighted by atomic mass is 10.1. The lowest BCUT2D eigenvalue weighted by Gasteiger charge is -2.13. The summed E-state index contributed by atoms with van der Waals surface area (Å²) in [6, 6.07) is 7.01. The smallest absolute Gasteiger partial charge is 0.322 e. The summed E-state index contributed by atoms with van der Waals surface area (Å²) < 4.78 is 54.1. The number of benzene rings is 1. The van der Waals surface area contributed by atoms with Gasteiger partial charge < -0.3 is 5.32 Å². The topological polar surface area (TPSA) is 81.1 Å². The summed E-state index contributed by atoms with van der Waals surface area (Å²) in [6.45, 7) is -0.311. The number of halogens is 4. The maximum atomic E-state index is 13.5. The Hall–Kier alpha value is -3.31. The van der Waals surface area contributed by atoms with Crippen molar-refractivity contribution in [3.05, 3.63) is 77.6 Å². The Morgan fingerprint density at radius 1 is 1.29 bits per heavy atom. The SMILES string of the molecule is O=C(Nc1cnn(Cc2cc(F)ccc2C(F)(F)F)c1)C1CC(c2ccccn2)ON1. The highest BCUT2D eigenvalue weighted by Crippen LogP contribution is 2.33. The third kappa shape index (κ3) is 4.89. The molecule has 3 aromatic rings. The van der Waals surface area contributed by atoms with E-state index in [2.05, 4.69) is 20.9 Å². The van der Waals surface area contributed by atoms with Gasteiger partial charge in [-0.1, -0.05) is 6.07 Å². The monoisotopic (exact) mass is 435 g/mol. The van der Waals surface area contributed by atoms with E-state index in [0.29, 0.717) is 18.2 Å². The quantitative estimate of drug-likeness (QED) is 0.600. The number of hydroxylamine groups is 1. The first-order valence-corrected chi connectivity index (χ1v) is 9.30. The molecule has 1 aromatic carbocycles. The van der Waals surface area contributed by atoms with Gasteiger partial charge in [-0.3, -0.25) is 19.3 Å². The predicted molar refractivity (Wildman–Crippen MR) is 101 cm³/mol. The summed E-state index contributed by atoms with van der Waals surface area (Å²) in [5.41, 5.74) is 2.43. The average Bonchev–Trinajstić information content (AvgIpc) is 3.38. The highest BCUT2D eigenvalue weighted by atomic mass is 19.4. The number of anilines is 1. The van der Waals surface area contributed by atoms with E-state index in [1.807, 2.05) is 6.07 Å². The van der Waals surface area contributed by atoms with E-state index in [9.17, 15) is 22.4 Å². The first kappa shape index (κ1) is 20.9. The molecule has 0 radical (unpaired) electrons. The first-order valence-electron chi connectivity index (χ1n) is 9.30. The van der Waals surface area contributed by atoms with Gasteiger partial charge in [0.15, 0.2) is 0 Å². The number of nitrogens with zero attached hydrogens (tertiary/aromatic N) is 3. The van der Waals surface area contributed by atoms with E-state index in [-0.39, 0.29) is 29.8 Å². The van der Waals surface area contributed by atoms with Crippen LogP contribution in [0, 0.1) is 5.82 Å². The van der Waals surface area contributed by atoms with Crippen LogP contribution in [0.25, 0.3) is 0 Å². The second-order valence-electron chi connectivity index (χ2n) is 6.98. The van der Waals surface area contributed by atoms with E-state index in [1.54, 1.807) is 18.3 Å². The number of hydrogen-bond acceptors (Lipinski definition) is 5. The summed E-state index contributed by atoms with van der Waals surface area (Å²) in [6.07, 6.45) is -0.344. The standard InChI is InChI=1S/C20H17F4N5O2/c21-13-4-5-15(20(22,23)24)12(7-13)10-29-11-14(9-26-29)27-19(30)17-8-18(31-28-17)16-3-1-2-6-25-16/h1-7,9,11,17-18,28H,8,10H2,(H,27,30). The van der Waals surface area contributed by atoms with Gasteiger partial charge in [0.05, 0.1) is 29.7 Å². The van der Waals surface area contributed by atoms with Crippen molar-refractivity contribution in [3.63, 3.8) is 0 Å². The molecule has 0 saturated carbocycles. The molecule has 1 saturated heterocycles. The van der Waals surface area contributed by atoms with Gasteiger partial charge >= 0.3 is 6.18 Å². The molecule has 11 heteroatoms. The molecule has 1 aliphatic heterocycles. The molecule has 2 atom stereocenters. The van der Waals surface area contributed by atoms with Crippen LogP contribution in [0.5, 0.6) is 0 Å². The number of aromatic nitrogens is 3. The largest absolute Gasteiger partial charge is 0.416 e. The molecular formula is C20H17F4N5O2. The molecule has 3 heterocycles. The minimum atomic E-state index is -4.62. The maximum Gasteiger partial charge on any atom is 0.416 e. The Labute approximate surface area is 174 Å². The van der Waals surface area contributed by atoms with Crippen LogP contribution in [0.1, 0.15) is 29.3 Å². The Morgan fingerprint density at radius 3 is 2.87 bits per heavy atom. The van der Waals surface area contributed by atoms with Gasteiger partial charge in [0.25, 0.3) is 0 Å². The molecule has 2 aromatic heterocycles. The highest BCUT2D eigenvalue weighted by molar-refractivity contribution is 5.94. The fourth-order valence-electron chi connectivity index (χ4n) is 3.27. The first-order chi connectivity index (χ1) is 14.8. The lowest BCUT2D eigenvalue weighted by Crippen LogP contribution is -2.34. The number of hydrogen-bond donors (Lipinski definition) is 2. The molecule has 1 fully saturated rings. The number of carbonyl (C=O) groups is 1. The molecule has 2 N–H and O–H groups in total. The summed E-state index contributed by atoms with van der Waals surface area (Å²) >= 11 is 0. The average molecular weight is 435 g/mol. The van der Waals surface area contributed by atoms with E-state index in [4.69, 9.17) is 4.84 Å². The highest BCUT2D eigenvalue weighted by Gasteiger charge is 2.34. The fourth-order valence-corrected chi connectivity index (χ4v) is 3.27. The summed E-state index contributed by atoms with van der Waals surface area (Å²) in [4.78, 5) is 22.1. The van der Waals surface area contributed by atoms with E-state index >= 15 is 0 Å². The third-order valence-corrected chi connectivity index (χ3v) is 4.74. The minimum absolute atomic E-state index is 0.266. The fraction of sp³-hybridized carbons (Fsp3) is 0.250. The van der Waals surface area contributed by atoms with Crippen molar-refractivity contribution in [2.24, 2.45) is 0 Å². The van der Waals surface area contributed by atoms with Crippen molar-refractivity contribution in [1.29, 1.82) is 0 Å². The van der Waals surface area contributed by atoms with Crippen molar-refractivity contribution in [1.82, 2.24) is 20.2 Å². The van der Waals surface area contributed by atoms with Crippen molar-refractivity contribution < 1.29 is 27.2 Å². The Bertz CT molecular complexity index is 1070. The maximum absolute atomic E-state index is 13.5. The number of nitrogens with one attached hydrogen (secondary N) is 2. The van der Waals surface area contributed by atoms with Crippen molar-refractivity contribution >= 4 is 11.6 Å². The van der Waals surface area contributed by atoms with Gasteiger partial charge in [-0.2, -0.15) is 23.8 Å². The van der Waals surface area contributed by atoms with E-state index in [0.717, 1.165) is 12.1 Å². The van der Waals surface area contributed by atoms with Crippen molar-refractivity contribution in [2.75, 3.05) is 5.32 Å². The van der Waals surface area contributed by atoms with Crippen LogP contribution in [0.3, 0.4) is 0 Å². The molecule has 4 rings (SSSR count). The van der Waals surface area contributed by atoms with E-state index < -0.39 is 23.6 Å². The van der Waals surface area contributed by atoms with Crippen molar-refractivity contribution in [2.45, 2.75) is 31.3 Å². The zero-order valence-electron chi connectivity index (χ0n) is 15.9. The van der Waals surface area contributed by atoms with Crippen LogP contribution in [0.15, 0.2) is 55.0 Å². The molecular weight excluding hydrogens is 418 g/mol. The molecule has 31 heavy (non-hydrogen) atoms. The van der Waals surface area contributed by atoms with Gasteiger partial charge in [-0.25, -0.2) is 4.39 Å². The van der Waals surface area contributed by atoms with Crippen LogP contribution in [0.2, 0.25) is 0 Å². The summed E-state index contributed by atoms with van der Waals surface area (Å²) in [5, 5.41) is 6.59. The predicted octanol–water partition coefficient (Wildman–Crippen LogP) is 3.46. The molecule has 1 aliphatic rings. The van der Waals surface area contributed by atoms with Crippen LogP contribution >= 0.6 is 0 Å². The second kappa shape index (κ2) is 8.44. The summed E-state index contributed by atoms with van der Waals surface area (Å²) in [7, 11) is 0. The van der Waals surface area contributed by atoms with Gasteiger partial charge in [0.1, 0.15) is 18.0 Å². The van der Waals surface area contributed by atoms with Gasteiger partial charge in [0, 0.05) is 18.8 Å². The Kier molecular flexibility index (Phi) is 5.70. The van der Waals surface area contributed by atoms with Crippen LogP contribution in [-0.2, 0) is 22.4 Å². The molecule has 7 nitrogen and oxygen atoms in total. The second-order valence-corrected chi connectivity index (χ2v) is 6.98. The molecule has 0 spiro atoms. The number of alkyl halides is 3. The number of amides is 1. The normalized spacial score (nSPS) is 18.8. The zero-order chi connectivity index (χ0) is 22.0. The lowest BCUT2D eigenvalue weighted by molar-refractivity contribution is -0.138. The van der Waals surface area contributed by atoms with Crippen LogP contribution < -0.4 is 10.8 Å². The van der Waals surface area contributed by atoms with E-state index in [1.165, 1.54) is 17.1 Å². The van der Waals surface area contributed by atoms with Crippen LogP contribution in [-0.4, -0.2) is 26.7 Å². The third-order valence-electron chi connectivity index (χ3n) is 4.74. The molecule has 1 amide bonds. The number of rotatable bonds is 5. The molecule has 0 aliphatic carbocycles. The van der Waals surface area contributed by atoms with Gasteiger partial charge in [0.2, 0.25) is 5.91 Å². The zero-order valence-corrected chi connectivity index (χ0v) is 15.9. The minimum Gasteiger partial charge on any atom is -0.322 e. The molecule has 162 valence electrons. The number of pyridine rings is 1. The Balaban J connectivity index is 1.40. The Morgan fingerprint density at radius 2 is 2.13 bits per heavy atom. The number of carbonyl (C=O) groups excluding carboxylic acids is 1. The van der Waals surface area contributed by atoms with Crippen molar-refractivity contribution in [3.8, 4) is 0 Å². The van der Waals surface area contributed by atoms with Gasteiger partial charge in [-0.15, -0.1) is 0 Å². The molecule has 2 unspecified atom stereocenters. The summed E-state index contributed by atoms with van der Waals surface area (Å²) in [5.74, 6) is -1.17. The van der Waals surface area contributed by atoms with Crippen LogP contribution in [0.4, 0.5) is 23.2 Å². The molecule has 0 bridgehead atoms. The van der Waals surface area contributed by atoms with Gasteiger partial charge in [-0.05, 0) is 35.9 Å².